The third-order valence-corrected chi connectivity index (χ3v) is 8.50. The van der Waals surface area contributed by atoms with Gasteiger partial charge in [0.1, 0.15) is 11.8 Å². The molecular formula is C30H36N2O7. The number of esters is 1. The van der Waals surface area contributed by atoms with Crippen LogP contribution in [-0.4, -0.2) is 55.4 Å². The van der Waals surface area contributed by atoms with Crippen LogP contribution in [0.4, 0.5) is 5.69 Å². The number of hydrogen-bond donors (Lipinski definition) is 0. The molecule has 3 amide bonds. The molecule has 2 aliphatic rings. The number of hydrogen-bond acceptors (Lipinski definition) is 7. The molecule has 2 aromatic rings. The van der Waals surface area contributed by atoms with Gasteiger partial charge in [-0.15, -0.1) is 0 Å². The minimum absolute atomic E-state index is 0.101. The number of amides is 3. The van der Waals surface area contributed by atoms with Crippen LogP contribution in [0.2, 0.25) is 0 Å². The number of methoxy groups -OCH3 is 2. The molecule has 4 rings (SSSR count). The SMILES string of the molecule is COc1ccc(CCN(C(=O)C2C(C)(C)C2(C)C)C2CC(=O)N(c3ccc(OC(C)=O)cc3)C2=O)cc1OC. The maximum atomic E-state index is 14.0. The zero-order valence-corrected chi connectivity index (χ0v) is 23.6. The summed E-state index contributed by atoms with van der Waals surface area (Å²) in [5.41, 5.74) is 0.810. The average molecular weight is 537 g/mol. The molecule has 1 atom stereocenters. The lowest BCUT2D eigenvalue weighted by atomic mass is 10.0. The maximum Gasteiger partial charge on any atom is 0.308 e. The van der Waals surface area contributed by atoms with Gasteiger partial charge >= 0.3 is 5.97 Å². The Morgan fingerprint density at radius 3 is 2.10 bits per heavy atom. The first kappa shape index (κ1) is 28.1. The second kappa shape index (κ2) is 10.4. The normalized spacial score (nSPS) is 19.6. The van der Waals surface area contributed by atoms with E-state index < -0.39 is 17.9 Å². The van der Waals surface area contributed by atoms with Gasteiger partial charge in [-0.1, -0.05) is 33.8 Å². The Bertz CT molecular complexity index is 1280. The molecule has 1 heterocycles. The molecule has 2 aromatic carbocycles. The van der Waals surface area contributed by atoms with E-state index in [1.165, 1.54) is 19.1 Å². The molecule has 0 radical (unpaired) electrons. The largest absolute Gasteiger partial charge is 0.493 e. The predicted octanol–water partition coefficient (Wildman–Crippen LogP) is 4.01. The molecule has 0 spiro atoms. The highest BCUT2D eigenvalue weighted by molar-refractivity contribution is 6.23. The zero-order chi connectivity index (χ0) is 28.7. The second-order valence-corrected chi connectivity index (χ2v) is 11.2. The van der Waals surface area contributed by atoms with E-state index in [1.807, 2.05) is 12.1 Å². The minimum Gasteiger partial charge on any atom is -0.493 e. The fourth-order valence-electron chi connectivity index (χ4n) is 5.64. The third kappa shape index (κ3) is 5.10. The fourth-order valence-corrected chi connectivity index (χ4v) is 5.64. The van der Waals surface area contributed by atoms with Crippen LogP contribution >= 0.6 is 0 Å². The highest BCUT2D eigenvalue weighted by Gasteiger charge is 2.69. The van der Waals surface area contributed by atoms with Gasteiger partial charge in [-0.05, 0) is 59.2 Å². The molecule has 2 fully saturated rings. The number of carbonyl (C=O) groups is 4. The van der Waals surface area contributed by atoms with Crippen molar-refractivity contribution in [3.63, 3.8) is 0 Å². The van der Waals surface area contributed by atoms with E-state index in [4.69, 9.17) is 14.2 Å². The van der Waals surface area contributed by atoms with E-state index in [2.05, 4.69) is 27.7 Å². The summed E-state index contributed by atoms with van der Waals surface area (Å²) in [7, 11) is 3.13. The van der Waals surface area contributed by atoms with Crippen LogP contribution in [0.5, 0.6) is 17.2 Å². The van der Waals surface area contributed by atoms with Gasteiger partial charge in [0.25, 0.3) is 5.91 Å². The van der Waals surface area contributed by atoms with Gasteiger partial charge in [-0.25, -0.2) is 4.90 Å². The van der Waals surface area contributed by atoms with Gasteiger partial charge in [0, 0.05) is 19.4 Å². The first-order valence-corrected chi connectivity index (χ1v) is 13.0. The van der Waals surface area contributed by atoms with E-state index in [-0.39, 0.29) is 41.5 Å². The number of anilines is 1. The summed E-state index contributed by atoms with van der Waals surface area (Å²) in [5, 5.41) is 0. The van der Waals surface area contributed by atoms with Crippen LogP contribution in [0.25, 0.3) is 0 Å². The maximum absolute atomic E-state index is 14.0. The summed E-state index contributed by atoms with van der Waals surface area (Å²) >= 11 is 0. The Morgan fingerprint density at radius 2 is 1.56 bits per heavy atom. The molecule has 0 aromatic heterocycles. The van der Waals surface area contributed by atoms with Crippen molar-refractivity contribution in [3.8, 4) is 17.2 Å². The molecule has 1 saturated heterocycles. The van der Waals surface area contributed by atoms with Crippen molar-refractivity contribution in [2.45, 2.75) is 53.5 Å². The summed E-state index contributed by atoms with van der Waals surface area (Å²) in [4.78, 5) is 54.7. The van der Waals surface area contributed by atoms with Crippen molar-refractivity contribution in [1.82, 2.24) is 4.90 Å². The van der Waals surface area contributed by atoms with Crippen molar-refractivity contribution in [1.29, 1.82) is 0 Å². The van der Waals surface area contributed by atoms with Crippen molar-refractivity contribution >= 4 is 29.4 Å². The number of ether oxygens (including phenoxy) is 3. The minimum atomic E-state index is -0.912. The smallest absolute Gasteiger partial charge is 0.308 e. The average Bonchev–Trinajstić information content (AvgIpc) is 3.11. The monoisotopic (exact) mass is 536 g/mol. The quantitative estimate of drug-likeness (QED) is 0.271. The molecule has 1 unspecified atom stereocenters. The molecule has 0 bridgehead atoms. The van der Waals surface area contributed by atoms with Gasteiger partial charge < -0.3 is 19.1 Å². The lowest BCUT2D eigenvalue weighted by Crippen LogP contribution is -2.47. The summed E-state index contributed by atoms with van der Waals surface area (Å²) in [6.07, 6.45) is 0.366. The number of benzene rings is 2. The number of nitrogens with zero attached hydrogens (tertiary/aromatic N) is 2. The second-order valence-electron chi connectivity index (χ2n) is 11.2. The number of imide groups is 1. The van der Waals surface area contributed by atoms with Gasteiger partial charge in [0.15, 0.2) is 11.5 Å². The molecule has 39 heavy (non-hydrogen) atoms. The lowest BCUT2D eigenvalue weighted by Gasteiger charge is -2.29. The Morgan fingerprint density at radius 1 is 0.949 bits per heavy atom. The number of carbonyl (C=O) groups excluding carboxylic acids is 4. The van der Waals surface area contributed by atoms with E-state index in [0.29, 0.717) is 29.4 Å². The van der Waals surface area contributed by atoms with Gasteiger partial charge in [-0.2, -0.15) is 0 Å². The van der Waals surface area contributed by atoms with E-state index in [1.54, 1.807) is 37.3 Å². The first-order valence-electron chi connectivity index (χ1n) is 13.0. The van der Waals surface area contributed by atoms with Crippen LogP contribution < -0.4 is 19.1 Å². The lowest BCUT2D eigenvalue weighted by molar-refractivity contribution is -0.140. The summed E-state index contributed by atoms with van der Waals surface area (Å²) in [6, 6.07) is 10.8. The highest BCUT2D eigenvalue weighted by Crippen LogP contribution is 2.69. The van der Waals surface area contributed by atoms with Crippen molar-refractivity contribution < 1.29 is 33.4 Å². The van der Waals surface area contributed by atoms with E-state index >= 15 is 0 Å². The fraction of sp³-hybridized carbons (Fsp3) is 0.467. The van der Waals surface area contributed by atoms with E-state index in [0.717, 1.165) is 10.5 Å². The molecule has 1 saturated carbocycles. The topological polar surface area (TPSA) is 102 Å². The Hall–Kier alpha value is -3.88. The van der Waals surface area contributed by atoms with Crippen LogP contribution in [-0.2, 0) is 25.6 Å². The zero-order valence-electron chi connectivity index (χ0n) is 23.6. The van der Waals surface area contributed by atoms with Gasteiger partial charge in [0.2, 0.25) is 11.8 Å². The number of rotatable bonds is 9. The Kier molecular flexibility index (Phi) is 7.47. The molecule has 9 nitrogen and oxygen atoms in total. The summed E-state index contributed by atoms with van der Waals surface area (Å²) in [6.45, 7) is 9.78. The van der Waals surface area contributed by atoms with Crippen LogP contribution in [0, 0.1) is 16.7 Å². The molecule has 9 heteroatoms. The molecule has 208 valence electrons. The van der Waals surface area contributed by atoms with Crippen molar-refractivity contribution in [2.75, 3.05) is 25.7 Å². The van der Waals surface area contributed by atoms with Crippen molar-refractivity contribution in [2.24, 2.45) is 16.7 Å². The Labute approximate surface area is 229 Å². The van der Waals surface area contributed by atoms with Crippen LogP contribution in [0.1, 0.15) is 46.6 Å². The van der Waals surface area contributed by atoms with Crippen molar-refractivity contribution in [3.05, 3.63) is 48.0 Å². The van der Waals surface area contributed by atoms with Gasteiger partial charge in [0.05, 0.1) is 26.3 Å². The summed E-state index contributed by atoms with van der Waals surface area (Å²) < 4.78 is 15.8. The molecule has 1 aliphatic heterocycles. The predicted molar refractivity (Wildman–Crippen MR) is 145 cm³/mol. The van der Waals surface area contributed by atoms with Crippen LogP contribution in [0.15, 0.2) is 42.5 Å². The molecule has 1 aliphatic carbocycles. The third-order valence-electron chi connectivity index (χ3n) is 8.50. The van der Waals surface area contributed by atoms with E-state index in [9.17, 15) is 19.2 Å². The standard InChI is InChI=1S/C30H36N2O7/c1-18(33)39-21-11-9-20(10-12-21)32-25(34)17-22(27(32)35)31(28(36)26-29(2,3)30(26,4)5)15-14-19-8-13-23(37-6)24(16-19)38-7/h8-13,16,22,26H,14-15,17H2,1-7H3. The summed E-state index contributed by atoms with van der Waals surface area (Å²) in [5.74, 6) is -0.201. The Balaban J connectivity index is 1.60. The van der Waals surface area contributed by atoms with Crippen LogP contribution in [0.3, 0.4) is 0 Å². The van der Waals surface area contributed by atoms with Gasteiger partial charge in [-0.3, -0.25) is 19.2 Å². The highest BCUT2D eigenvalue weighted by atomic mass is 16.5. The molecule has 0 N–H and O–H groups in total. The first-order chi connectivity index (χ1) is 18.3. The molecular weight excluding hydrogens is 500 g/mol.